The molecular weight excluding hydrogens is 334 g/mol. The number of benzene rings is 1. The molecule has 0 saturated carbocycles. The van der Waals surface area contributed by atoms with Gasteiger partial charge < -0.3 is 14.4 Å². The Bertz CT molecular complexity index is 497. The Kier molecular flexibility index (Phi) is 5.14. The van der Waals surface area contributed by atoms with Crippen LogP contribution in [0.15, 0.2) is 16.6 Å². The maximum Gasteiger partial charge on any atom is 0.254 e. The SMILES string of the molecule is COc1cc(C(=O)N2C[C@@H](C)C[C@H](C)C2)cc(OC)c1Br. The summed E-state index contributed by atoms with van der Waals surface area (Å²) in [5, 5.41) is 0. The van der Waals surface area contributed by atoms with Gasteiger partial charge in [-0.3, -0.25) is 4.79 Å². The summed E-state index contributed by atoms with van der Waals surface area (Å²) in [6.07, 6.45) is 1.18. The molecule has 1 fully saturated rings. The van der Waals surface area contributed by atoms with Gasteiger partial charge in [0.2, 0.25) is 0 Å². The fraction of sp³-hybridized carbons (Fsp3) is 0.562. The van der Waals surface area contributed by atoms with Crippen molar-refractivity contribution in [3.63, 3.8) is 0 Å². The van der Waals surface area contributed by atoms with Crippen LogP contribution in [0.4, 0.5) is 0 Å². The van der Waals surface area contributed by atoms with Crippen LogP contribution >= 0.6 is 15.9 Å². The lowest BCUT2D eigenvalue weighted by atomic mass is 9.91. The van der Waals surface area contributed by atoms with Gasteiger partial charge >= 0.3 is 0 Å². The van der Waals surface area contributed by atoms with E-state index < -0.39 is 0 Å². The third-order valence-electron chi connectivity index (χ3n) is 3.85. The van der Waals surface area contributed by atoms with E-state index in [9.17, 15) is 4.79 Å². The number of methoxy groups -OCH3 is 2. The van der Waals surface area contributed by atoms with Crippen molar-refractivity contribution in [2.75, 3.05) is 27.3 Å². The van der Waals surface area contributed by atoms with Crippen LogP contribution in [-0.4, -0.2) is 38.1 Å². The number of ether oxygens (including phenoxy) is 2. The molecule has 0 radical (unpaired) electrons. The van der Waals surface area contributed by atoms with Gasteiger partial charge in [-0.15, -0.1) is 0 Å². The number of carbonyl (C=O) groups excluding carboxylic acids is 1. The summed E-state index contributed by atoms with van der Waals surface area (Å²) in [4.78, 5) is 14.7. The average Bonchev–Trinajstić information content (AvgIpc) is 2.45. The van der Waals surface area contributed by atoms with Crippen LogP contribution < -0.4 is 9.47 Å². The highest BCUT2D eigenvalue weighted by molar-refractivity contribution is 9.10. The molecule has 0 N–H and O–H groups in total. The summed E-state index contributed by atoms with van der Waals surface area (Å²) < 4.78 is 11.3. The number of hydrogen-bond acceptors (Lipinski definition) is 3. The molecule has 1 aromatic rings. The Morgan fingerprint density at radius 1 is 1.14 bits per heavy atom. The van der Waals surface area contributed by atoms with E-state index in [2.05, 4.69) is 29.8 Å². The van der Waals surface area contributed by atoms with Gasteiger partial charge in [0, 0.05) is 18.7 Å². The van der Waals surface area contributed by atoms with E-state index in [0.717, 1.165) is 17.6 Å². The van der Waals surface area contributed by atoms with Crippen LogP contribution in [0.2, 0.25) is 0 Å². The zero-order chi connectivity index (χ0) is 15.6. The smallest absolute Gasteiger partial charge is 0.254 e. The van der Waals surface area contributed by atoms with Crippen molar-refractivity contribution in [1.29, 1.82) is 0 Å². The van der Waals surface area contributed by atoms with Crippen LogP contribution in [0.3, 0.4) is 0 Å². The summed E-state index contributed by atoms with van der Waals surface area (Å²) in [5.74, 6) is 2.33. The summed E-state index contributed by atoms with van der Waals surface area (Å²) >= 11 is 3.43. The monoisotopic (exact) mass is 355 g/mol. The molecule has 5 heteroatoms. The number of likely N-dealkylation sites (tertiary alicyclic amines) is 1. The first-order valence-electron chi connectivity index (χ1n) is 7.17. The summed E-state index contributed by atoms with van der Waals surface area (Å²) in [7, 11) is 3.16. The Labute approximate surface area is 134 Å². The Hall–Kier alpha value is -1.23. The molecule has 21 heavy (non-hydrogen) atoms. The van der Waals surface area contributed by atoms with Gasteiger partial charge in [-0.1, -0.05) is 13.8 Å². The van der Waals surface area contributed by atoms with Crippen LogP contribution in [0.5, 0.6) is 11.5 Å². The Morgan fingerprint density at radius 3 is 2.05 bits per heavy atom. The predicted octanol–water partition coefficient (Wildman–Crippen LogP) is 3.58. The summed E-state index contributed by atoms with van der Waals surface area (Å²) in [6.45, 7) is 6.01. The maximum absolute atomic E-state index is 12.7. The minimum Gasteiger partial charge on any atom is -0.495 e. The van der Waals surface area contributed by atoms with Gasteiger partial charge in [-0.25, -0.2) is 0 Å². The molecule has 116 valence electrons. The number of piperidine rings is 1. The molecule has 1 aliphatic heterocycles. The first-order valence-corrected chi connectivity index (χ1v) is 7.96. The van der Waals surface area contributed by atoms with Crippen molar-refractivity contribution in [3.8, 4) is 11.5 Å². The number of nitrogens with zero attached hydrogens (tertiary/aromatic N) is 1. The van der Waals surface area contributed by atoms with Crippen molar-refractivity contribution >= 4 is 21.8 Å². The van der Waals surface area contributed by atoms with Gasteiger partial charge in [-0.05, 0) is 46.3 Å². The molecule has 1 aliphatic rings. The standard InChI is InChI=1S/C16H22BrNO3/c1-10-5-11(2)9-18(8-10)16(19)12-6-13(20-3)15(17)14(7-12)21-4/h6-7,10-11H,5,8-9H2,1-4H3/t10-,11-/m0/s1. The molecule has 0 unspecified atom stereocenters. The molecule has 1 heterocycles. The van der Waals surface area contributed by atoms with E-state index in [1.165, 1.54) is 6.42 Å². The van der Waals surface area contributed by atoms with Gasteiger partial charge in [0.1, 0.15) is 16.0 Å². The minimum atomic E-state index is 0.0394. The average molecular weight is 356 g/mol. The molecule has 2 atom stereocenters. The number of carbonyl (C=O) groups is 1. The lowest BCUT2D eigenvalue weighted by molar-refractivity contribution is 0.0622. The predicted molar refractivity (Wildman–Crippen MR) is 86.1 cm³/mol. The van der Waals surface area contributed by atoms with E-state index in [4.69, 9.17) is 9.47 Å². The van der Waals surface area contributed by atoms with Crippen LogP contribution in [-0.2, 0) is 0 Å². The number of halogens is 1. The fourth-order valence-electron chi connectivity index (χ4n) is 3.00. The zero-order valence-corrected chi connectivity index (χ0v) is 14.6. The second-order valence-electron chi connectivity index (χ2n) is 5.85. The lowest BCUT2D eigenvalue weighted by Crippen LogP contribution is -2.42. The number of hydrogen-bond donors (Lipinski definition) is 0. The minimum absolute atomic E-state index is 0.0394. The third-order valence-corrected chi connectivity index (χ3v) is 4.63. The third kappa shape index (κ3) is 3.51. The van der Waals surface area contributed by atoms with Gasteiger partial charge in [0.15, 0.2) is 0 Å². The number of amides is 1. The quantitative estimate of drug-likeness (QED) is 0.831. The molecule has 1 amide bonds. The van der Waals surface area contributed by atoms with Crippen molar-refractivity contribution in [2.45, 2.75) is 20.3 Å². The summed E-state index contributed by atoms with van der Waals surface area (Å²) in [5.41, 5.74) is 0.605. The van der Waals surface area contributed by atoms with Gasteiger partial charge in [-0.2, -0.15) is 0 Å². The Morgan fingerprint density at radius 2 is 1.62 bits per heavy atom. The molecule has 1 saturated heterocycles. The van der Waals surface area contributed by atoms with Crippen molar-refractivity contribution in [3.05, 3.63) is 22.2 Å². The first kappa shape index (κ1) is 16.1. The van der Waals surface area contributed by atoms with E-state index in [-0.39, 0.29) is 5.91 Å². The summed E-state index contributed by atoms with van der Waals surface area (Å²) in [6, 6.07) is 3.53. The normalized spacial score (nSPS) is 22.0. The van der Waals surface area contributed by atoms with Crippen molar-refractivity contribution in [2.24, 2.45) is 11.8 Å². The van der Waals surface area contributed by atoms with Gasteiger partial charge in [0.25, 0.3) is 5.91 Å². The van der Waals surface area contributed by atoms with E-state index in [1.807, 2.05) is 4.90 Å². The molecule has 0 aliphatic carbocycles. The van der Waals surface area contributed by atoms with Crippen LogP contribution in [0.25, 0.3) is 0 Å². The molecule has 4 nitrogen and oxygen atoms in total. The fourth-order valence-corrected chi connectivity index (χ4v) is 3.56. The number of rotatable bonds is 3. The molecule has 0 aromatic heterocycles. The maximum atomic E-state index is 12.7. The topological polar surface area (TPSA) is 38.8 Å². The second-order valence-corrected chi connectivity index (χ2v) is 6.64. The van der Waals surface area contributed by atoms with Crippen LogP contribution in [0, 0.1) is 11.8 Å². The highest BCUT2D eigenvalue weighted by Crippen LogP contribution is 2.36. The van der Waals surface area contributed by atoms with E-state index in [0.29, 0.717) is 28.9 Å². The highest BCUT2D eigenvalue weighted by Gasteiger charge is 2.27. The van der Waals surface area contributed by atoms with Gasteiger partial charge in [0.05, 0.1) is 14.2 Å². The lowest BCUT2D eigenvalue weighted by Gasteiger charge is -2.35. The highest BCUT2D eigenvalue weighted by atomic mass is 79.9. The molecule has 2 rings (SSSR count). The van der Waals surface area contributed by atoms with Crippen LogP contribution in [0.1, 0.15) is 30.6 Å². The molecule has 0 spiro atoms. The van der Waals surface area contributed by atoms with Crippen molar-refractivity contribution in [1.82, 2.24) is 4.90 Å². The first-order chi connectivity index (χ1) is 9.96. The molecular formula is C16H22BrNO3. The molecule has 1 aromatic carbocycles. The van der Waals surface area contributed by atoms with Crippen molar-refractivity contribution < 1.29 is 14.3 Å². The van der Waals surface area contributed by atoms with E-state index in [1.54, 1.807) is 26.4 Å². The largest absolute Gasteiger partial charge is 0.495 e. The Balaban J connectivity index is 2.30. The molecule has 0 bridgehead atoms. The second kappa shape index (κ2) is 6.69. The zero-order valence-electron chi connectivity index (χ0n) is 13.0. The van der Waals surface area contributed by atoms with E-state index >= 15 is 0 Å².